The lowest BCUT2D eigenvalue weighted by Gasteiger charge is -2.13. The van der Waals surface area contributed by atoms with Gasteiger partial charge < -0.3 is 9.47 Å². The van der Waals surface area contributed by atoms with Gasteiger partial charge in [0, 0.05) is 12.1 Å². The lowest BCUT2D eigenvalue weighted by atomic mass is 10.1. The highest BCUT2D eigenvalue weighted by Crippen LogP contribution is 2.34. The van der Waals surface area contributed by atoms with Crippen LogP contribution in [0.1, 0.15) is 23.6 Å². The fourth-order valence-electron chi connectivity index (χ4n) is 2.90. The molecule has 0 aromatic heterocycles. The Morgan fingerprint density at radius 3 is 2.55 bits per heavy atom. The number of benzene rings is 2. The summed E-state index contributed by atoms with van der Waals surface area (Å²) >= 11 is 6.48. The molecule has 2 aromatic carbocycles. The fourth-order valence-corrected chi connectivity index (χ4v) is 4.27. The first-order chi connectivity index (χ1) is 14.7. The smallest absolute Gasteiger partial charge is 0.416 e. The molecule has 4 nitrogen and oxygen atoms in total. The molecule has 31 heavy (non-hydrogen) atoms. The minimum absolute atomic E-state index is 0.0621. The van der Waals surface area contributed by atoms with Crippen molar-refractivity contribution in [3.05, 3.63) is 64.1 Å². The molecule has 0 radical (unpaired) electrons. The second-order valence-corrected chi connectivity index (χ2v) is 8.37. The van der Waals surface area contributed by atoms with Crippen molar-refractivity contribution < 1.29 is 27.4 Å². The van der Waals surface area contributed by atoms with Crippen LogP contribution in [0.15, 0.2) is 47.4 Å². The van der Waals surface area contributed by atoms with Crippen LogP contribution < -0.4 is 9.47 Å². The third-order valence-electron chi connectivity index (χ3n) is 4.41. The van der Waals surface area contributed by atoms with Gasteiger partial charge in [-0.25, -0.2) is 0 Å². The molecule has 1 amide bonds. The molecule has 0 bridgehead atoms. The molecule has 9 heteroatoms. The Bertz CT molecular complexity index is 1020. The molecule has 1 aliphatic heterocycles. The molecule has 2 aromatic rings. The number of hydrogen-bond acceptors (Lipinski definition) is 5. The van der Waals surface area contributed by atoms with Gasteiger partial charge in [0.05, 0.1) is 10.5 Å². The van der Waals surface area contributed by atoms with E-state index < -0.39 is 11.7 Å². The summed E-state index contributed by atoms with van der Waals surface area (Å²) in [6, 6.07) is 10.2. The van der Waals surface area contributed by atoms with E-state index >= 15 is 0 Å². The van der Waals surface area contributed by atoms with Crippen LogP contribution in [0, 0.1) is 6.92 Å². The van der Waals surface area contributed by atoms with Crippen molar-refractivity contribution in [2.45, 2.75) is 20.0 Å². The first-order valence-corrected chi connectivity index (χ1v) is 10.7. The highest BCUT2D eigenvalue weighted by Gasteiger charge is 2.31. The summed E-state index contributed by atoms with van der Waals surface area (Å²) in [6.45, 7) is 4.48. The maximum atomic E-state index is 12.8. The van der Waals surface area contributed by atoms with Crippen molar-refractivity contribution in [2.75, 3.05) is 19.8 Å². The van der Waals surface area contributed by atoms with Gasteiger partial charge in [0.2, 0.25) is 0 Å². The van der Waals surface area contributed by atoms with Crippen LogP contribution in [0.2, 0.25) is 0 Å². The van der Waals surface area contributed by atoms with E-state index in [0.717, 1.165) is 23.3 Å². The molecule has 1 saturated heterocycles. The van der Waals surface area contributed by atoms with Crippen LogP contribution in [0.5, 0.6) is 11.5 Å². The van der Waals surface area contributed by atoms with E-state index in [1.807, 2.05) is 26.0 Å². The van der Waals surface area contributed by atoms with Crippen LogP contribution in [-0.2, 0) is 11.0 Å². The number of amides is 1. The standard InChI is InChI=1S/C22H20F3NO3S2/c1-3-26-20(27)19(31-21(26)30)12-15-11-14(2)7-8-18(15)29-10-9-28-17-6-4-5-16(13-17)22(23,24)25/h4-8,11-13H,3,9-10H2,1-2H3. The molecule has 164 valence electrons. The van der Waals surface area contributed by atoms with Gasteiger partial charge in [0.1, 0.15) is 29.0 Å². The molecule has 1 fully saturated rings. The van der Waals surface area contributed by atoms with Gasteiger partial charge in [-0.05, 0) is 50.3 Å². The minimum Gasteiger partial charge on any atom is -0.490 e. The van der Waals surface area contributed by atoms with Crippen molar-refractivity contribution in [1.82, 2.24) is 4.90 Å². The Kier molecular flexibility index (Phi) is 7.27. The highest BCUT2D eigenvalue weighted by atomic mass is 32.2. The zero-order valence-corrected chi connectivity index (χ0v) is 18.5. The average Bonchev–Trinajstić information content (AvgIpc) is 2.98. The van der Waals surface area contributed by atoms with E-state index in [1.165, 1.54) is 28.8 Å². The number of thiocarbonyl (C=S) groups is 1. The van der Waals surface area contributed by atoms with Crippen LogP contribution in [0.3, 0.4) is 0 Å². The molecule has 0 spiro atoms. The number of halogens is 3. The molecule has 0 unspecified atom stereocenters. The van der Waals surface area contributed by atoms with E-state index in [2.05, 4.69) is 0 Å². The summed E-state index contributed by atoms with van der Waals surface area (Å²) in [7, 11) is 0. The maximum Gasteiger partial charge on any atom is 0.416 e. The molecule has 0 N–H and O–H groups in total. The van der Waals surface area contributed by atoms with E-state index in [-0.39, 0.29) is 24.9 Å². The Balaban J connectivity index is 1.66. The highest BCUT2D eigenvalue weighted by molar-refractivity contribution is 8.26. The van der Waals surface area contributed by atoms with Crippen molar-refractivity contribution in [3.8, 4) is 11.5 Å². The number of ether oxygens (including phenoxy) is 2. The Hall–Kier alpha value is -2.52. The molecular formula is C22H20F3NO3S2. The normalized spacial score (nSPS) is 15.6. The lowest BCUT2D eigenvalue weighted by molar-refractivity contribution is -0.137. The van der Waals surface area contributed by atoms with Crippen LogP contribution in [0.4, 0.5) is 13.2 Å². The maximum absolute atomic E-state index is 12.8. The van der Waals surface area contributed by atoms with Gasteiger partial charge in [-0.1, -0.05) is 41.7 Å². The number of aryl methyl sites for hydroxylation is 1. The third-order valence-corrected chi connectivity index (χ3v) is 5.79. The first kappa shape index (κ1) is 23.1. The molecule has 0 saturated carbocycles. The summed E-state index contributed by atoms with van der Waals surface area (Å²) < 4.78 is 50.1. The van der Waals surface area contributed by atoms with Crippen LogP contribution in [0.25, 0.3) is 6.08 Å². The molecule has 0 aliphatic carbocycles. The Morgan fingerprint density at radius 1 is 1.13 bits per heavy atom. The first-order valence-electron chi connectivity index (χ1n) is 9.48. The van der Waals surface area contributed by atoms with E-state index in [4.69, 9.17) is 21.7 Å². The Morgan fingerprint density at radius 2 is 1.87 bits per heavy atom. The van der Waals surface area contributed by atoms with Gasteiger partial charge in [-0.2, -0.15) is 13.2 Å². The molecule has 1 aliphatic rings. The number of nitrogens with zero attached hydrogens (tertiary/aromatic N) is 1. The van der Waals surface area contributed by atoms with Gasteiger partial charge in [0.15, 0.2) is 0 Å². The number of hydrogen-bond donors (Lipinski definition) is 0. The monoisotopic (exact) mass is 467 g/mol. The summed E-state index contributed by atoms with van der Waals surface area (Å²) in [5, 5.41) is 0. The number of carbonyl (C=O) groups excluding carboxylic acids is 1. The quantitative estimate of drug-likeness (QED) is 0.297. The summed E-state index contributed by atoms with van der Waals surface area (Å²) in [5.41, 5.74) is 0.941. The predicted octanol–water partition coefficient (Wildman–Crippen LogP) is 5.69. The summed E-state index contributed by atoms with van der Waals surface area (Å²) in [6.07, 6.45) is -2.68. The predicted molar refractivity (Wildman–Crippen MR) is 119 cm³/mol. The van der Waals surface area contributed by atoms with Crippen molar-refractivity contribution >= 4 is 40.3 Å². The number of carbonyl (C=O) groups is 1. The molecule has 0 atom stereocenters. The number of rotatable bonds is 7. The summed E-state index contributed by atoms with van der Waals surface area (Å²) in [4.78, 5) is 14.5. The topological polar surface area (TPSA) is 38.8 Å². The average molecular weight is 468 g/mol. The second kappa shape index (κ2) is 9.74. The lowest BCUT2D eigenvalue weighted by Crippen LogP contribution is -2.27. The fraction of sp³-hybridized carbons (Fsp3) is 0.273. The second-order valence-electron chi connectivity index (χ2n) is 6.69. The largest absolute Gasteiger partial charge is 0.490 e. The van der Waals surface area contributed by atoms with E-state index in [1.54, 1.807) is 12.1 Å². The third kappa shape index (κ3) is 5.80. The van der Waals surface area contributed by atoms with E-state index in [0.29, 0.717) is 21.5 Å². The van der Waals surface area contributed by atoms with Gasteiger partial charge in [-0.3, -0.25) is 9.69 Å². The van der Waals surface area contributed by atoms with E-state index in [9.17, 15) is 18.0 Å². The number of likely N-dealkylation sites (N-methyl/N-ethyl adjacent to an activating group) is 1. The van der Waals surface area contributed by atoms with Gasteiger partial charge in [-0.15, -0.1) is 0 Å². The summed E-state index contributed by atoms with van der Waals surface area (Å²) in [5.74, 6) is 0.517. The minimum atomic E-state index is -4.43. The van der Waals surface area contributed by atoms with Crippen LogP contribution >= 0.6 is 24.0 Å². The SMILES string of the molecule is CCN1C(=O)C(=Cc2cc(C)ccc2OCCOc2cccc(C(F)(F)F)c2)SC1=S. The van der Waals surface area contributed by atoms with Crippen molar-refractivity contribution in [1.29, 1.82) is 0 Å². The molecule has 1 heterocycles. The van der Waals surface area contributed by atoms with Crippen molar-refractivity contribution in [2.24, 2.45) is 0 Å². The van der Waals surface area contributed by atoms with Crippen LogP contribution in [-0.4, -0.2) is 34.9 Å². The van der Waals surface area contributed by atoms with Crippen molar-refractivity contribution in [3.63, 3.8) is 0 Å². The van der Waals surface area contributed by atoms with Gasteiger partial charge in [0.25, 0.3) is 5.91 Å². The zero-order chi connectivity index (χ0) is 22.6. The Labute approximate surface area is 188 Å². The van der Waals surface area contributed by atoms with Gasteiger partial charge >= 0.3 is 6.18 Å². The zero-order valence-electron chi connectivity index (χ0n) is 16.9. The number of thioether (sulfide) groups is 1. The molecular weight excluding hydrogens is 447 g/mol. The number of alkyl halides is 3. The molecule has 3 rings (SSSR count).